The Morgan fingerprint density at radius 1 is 1.29 bits per heavy atom. The van der Waals surface area contributed by atoms with Gasteiger partial charge in [-0.05, 0) is 44.2 Å². The lowest BCUT2D eigenvalue weighted by Gasteiger charge is -2.50. The Bertz CT molecular complexity index is 290. The average Bonchev–Trinajstić information content (AvgIpc) is 2.68. The standard InChI is InChI=1S/C11H17N3/c1-3-12-4-2-11(1)7-10(8-11)14-6-5-13-9-14/h5-6,9-10,12H,1-4,7-8H2. The van der Waals surface area contributed by atoms with Crippen LogP contribution in [-0.2, 0) is 0 Å². The molecule has 0 radical (unpaired) electrons. The van der Waals surface area contributed by atoms with Crippen molar-refractivity contribution >= 4 is 0 Å². The van der Waals surface area contributed by atoms with Crippen LogP contribution in [0.5, 0.6) is 0 Å². The Balaban J connectivity index is 1.65. The summed E-state index contributed by atoms with van der Waals surface area (Å²) < 4.78 is 2.27. The summed E-state index contributed by atoms with van der Waals surface area (Å²) in [4.78, 5) is 4.11. The van der Waals surface area contributed by atoms with E-state index in [1.807, 2.05) is 12.5 Å². The van der Waals surface area contributed by atoms with Gasteiger partial charge in [-0.3, -0.25) is 0 Å². The first-order valence-electron chi connectivity index (χ1n) is 5.56. The second-order valence-corrected chi connectivity index (χ2v) is 4.82. The first-order chi connectivity index (χ1) is 6.88. The first kappa shape index (κ1) is 8.48. The number of hydrogen-bond donors (Lipinski definition) is 1. The van der Waals surface area contributed by atoms with Gasteiger partial charge in [0.1, 0.15) is 0 Å². The molecule has 2 aliphatic rings. The van der Waals surface area contributed by atoms with Crippen molar-refractivity contribution in [3.05, 3.63) is 18.7 Å². The van der Waals surface area contributed by atoms with Crippen LogP contribution in [0.4, 0.5) is 0 Å². The highest BCUT2D eigenvalue weighted by Crippen LogP contribution is 2.53. The molecule has 0 amide bonds. The van der Waals surface area contributed by atoms with E-state index >= 15 is 0 Å². The maximum Gasteiger partial charge on any atom is 0.0948 e. The van der Waals surface area contributed by atoms with Gasteiger partial charge < -0.3 is 9.88 Å². The van der Waals surface area contributed by atoms with E-state index in [2.05, 4.69) is 21.1 Å². The van der Waals surface area contributed by atoms with Crippen molar-refractivity contribution in [1.29, 1.82) is 0 Å². The number of aromatic nitrogens is 2. The fourth-order valence-electron chi connectivity index (χ4n) is 3.00. The molecule has 3 heteroatoms. The van der Waals surface area contributed by atoms with Gasteiger partial charge in [0.2, 0.25) is 0 Å². The Morgan fingerprint density at radius 3 is 2.71 bits per heavy atom. The zero-order valence-electron chi connectivity index (χ0n) is 8.45. The molecule has 1 aliphatic carbocycles. The van der Waals surface area contributed by atoms with Crippen molar-refractivity contribution in [3.8, 4) is 0 Å². The minimum absolute atomic E-state index is 0.681. The number of hydrogen-bond acceptors (Lipinski definition) is 2. The zero-order valence-corrected chi connectivity index (χ0v) is 8.45. The number of imidazole rings is 1. The molecule has 0 aromatic carbocycles. The van der Waals surface area contributed by atoms with E-state index in [1.165, 1.54) is 38.8 Å². The quantitative estimate of drug-likeness (QED) is 0.730. The lowest BCUT2D eigenvalue weighted by atomic mass is 9.60. The molecular formula is C11H17N3. The van der Waals surface area contributed by atoms with Crippen LogP contribution in [0, 0.1) is 5.41 Å². The monoisotopic (exact) mass is 191 g/mol. The van der Waals surface area contributed by atoms with Gasteiger partial charge in [0.15, 0.2) is 0 Å². The fraction of sp³-hybridized carbons (Fsp3) is 0.727. The summed E-state index contributed by atoms with van der Waals surface area (Å²) >= 11 is 0. The van der Waals surface area contributed by atoms with Crippen LogP contribution in [-0.4, -0.2) is 22.6 Å². The second kappa shape index (κ2) is 3.09. The molecule has 0 bridgehead atoms. The number of rotatable bonds is 1. The average molecular weight is 191 g/mol. The topological polar surface area (TPSA) is 29.9 Å². The molecule has 76 valence electrons. The molecule has 1 aromatic rings. The van der Waals surface area contributed by atoms with Crippen molar-refractivity contribution in [3.63, 3.8) is 0 Å². The fourth-order valence-corrected chi connectivity index (χ4v) is 3.00. The normalized spacial score (nSPS) is 26.3. The van der Waals surface area contributed by atoms with E-state index in [9.17, 15) is 0 Å². The molecule has 1 spiro atoms. The minimum Gasteiger partial charge on any atom is -0.334 e. The Hall–Kier alpha value is -0.830. The lowest BCUT2D eigenvalue weighted by Crippen LogP contribution is -2.45. The molecule has 2 heterocycles. The number of nitrogens with one attached hydrogen (secondary N) is 1. The molecule has 1 saturated carbocycles. The molecule has 1 aromatic heterocycles. The summed E-state index contributed by atoms with van der Waals surface area (Å²) in [5.74, 6) is 0. The molecule has 0 unspecified atom stereocenters. The SMILES string of the molecule is c1cn(C2CC3(CCNCC3)C2)cn1. The molecular weight excluding hydrogens is 174 g/mol. The van der Waals surface area contributed by atoms with Crippen LogP contribution in [0.1, 0.15) is 31.7 Å². The van der Waals surface area contributed by atoms with Crippen molar-refractivity contribution < 1.29 is 0 Å². The maximum atomic E-state index is 4.11. The molecule has 14 heavy (non-hydrogen) atoms. The van der Waals surface area contributed by atoms with E-state index in [4.69, 9.17) is 0 Å². The highest BCUT2D eigenvalue weighted by Gasteiger charge is 2.44. The van der Waals surface area contributed by atoms with Crippen molar-refractivity contribution in [2.24, 2.45) is 5.41 Å². The largest absolute Gasteiger partial charge is 0.334 e. The summed E-state index contributed by atoms with van der Waals surface area (Å²) in [6.07, 6.45) is 11.4. The third kappa shape index (κ3) is 1.27. The summed E-state index contributed by atoms with van der Waals surface area (Å²) in [5, 5.41) is 3.44. The lowest BCUT2D eigenvalue weighted by molar-refractivity contribution is 0.0288. The number of piperidine rings is 1. The van der Waals surface area contributed by atoms with Gasteiger partial charge in [-0.15, -0.1) is 0 Å². The van der Waals surface area contributed by atoms with Crippen LogP contribution in [0.2, 0.25) is 0 Å². The van der Waals surface area contributed by atoms with Gasteiger partial charge in [0.25, 0.3) is 0 Å². The molecule has 3 rings (SSSR count). The van der Waals surface area contributed by atoms with Crippen LogP contribution in [0.3, 0.4) is 0 Å². The summed E-state index contributed by atoms with van der Waals surface area (Å²) in [7, 11) is 0. The van der Waals surface area contributed by atoms with Gasteiger partial charge in [-0.2, -0.15) is 0 Å². The second-order valence-electron chi connectivity index (χ2n) is 4.82. The zero-order chi connectivity index (χ0) is 9.43. The van der Waals surface area contributed by atoms with Crippen LogP contribution in [0.15, 0.2) is 18.7 Å². The van der Waals surface area contributed by atoms with E-state index in [-0.39, 0.29) is 0 Å². The summed E-state index contributed by atoms with van der Waals surface area (Å²) in [5.41, 5.74) is 0.681. The highest BCUT2D eigenvalue weighted by molar-refractivity contribution is 5.00. The predicted molar refractivity (Wildman–Crippen MR) is 55.0 cm³/mol. The van der Waals surface area contributed by atoms with E-state index in [1.54, 1.807) is 0 Å². The first-order valence-corrected chi connectivity index (χ1v) is 5.56. The minimum atomic E-state index is 0.681. The van der Waals surface area contributed by atoms with E-state index in [0.717, 1.165) is 6.04 Å². The third-order valence-corrected chi connectivity index (χ3v) is 3.95. The molecule has 2 fully saturated rings. The number of nitrogens with zero attached hydrogens (tertiary/aromatic N) is 2. The molecule has 0 atom stereocenters. The smallest absolute Gasteiger partial charge is 0.0948 e. The Morgan fingerprint density at radius 2 is 2.07 bits per heavy atom. The van der Waals surface area contributed by atoms with Crippen LogP contribution in [0.25, 0.3) is 0 Å². The maximum absolute atomic E-state index is 4.11. The predicted octanol–water partition coefficient (Wildman–Crippen LogP) is 1.59. The van der Waals surface area contributed by atoms with Gasteiger partial charge in [0, 0.05) is 18.4 Å². The third-order valence-electron chi connectivity index (χ3n) is 3.95. The van der Waals surface area contributed by atoms with E-state index in [0.29, 0.717) is 5.41 Å². The van der Waals surface area contributed by atoms with Crippen LogP contribution >= 0.6 is 0 Å². The molecule has 1 N–H and O–H groups in total. The van der Waals surface area contributed by atoms with Crippen molar-refractivity contribution in [2.75, 3.05) is 13.1 Å². The highest BCUT2D eigenvalue weighted by atomic mass is 15.1. The molecule has 3 nitrogen and oxygen atoms in total. The summed E-state index contributed by atoms with van der Waals surface area (Å²) in [6, 6.07) is 0.732. The van der Waals surface area contributed by atoms with Gasteiger partial charge in [-0.1, -0.05) is 0 Å². The van der Waals surface area contributed by atoms with E-state index < -0.39 is 0 Å². The van der Waals surface area contributed by atoms with Gasteiger partial charge in [-0.25, -0.2) is 4.98 Å². The molecule has 1 saturated heterocycles. The Labute approximate surface area is 84.5 Å². The van der Waals surface area contributed by atoms with Crippen molar-refractivity contribution in [1.82, 2.24) is 14.9 Å². The van der Waals surface area contributed by atoms with Gasteiger partial charge >= 0.3 is 0 Å². The van der Waals surface area contributed by atoms with Crippen molar-refractivity contribution in [2.45, 2.75) is 31.7 Å². The van der Waals surface area contributed by atoms with Gasteiger partial charge in [0.05, 0.1) is 6.33 Å². The van der Waals surface area contributed by atoms with Crippen LogP contribution < -0.4 is 5.32 Å². The molecule has 1 aliphatic heterocycles. The summed E-state index contributed by atoms with van der Waals surface area (Å²) in [6.45, 7) is 2.44. The Kier molecular flexibility index (Phi) is 1.87.